The average Bonchev–Trinajstić information content (AvgIpc) is 2.66. The van der Waals surface area contributed by atoms with Gasteiger partial charge in [-0.15, -0.1) is 0 Å². The van der Waals surface area contributed by atoms with Gasteiger partial charge in [-0.25, -0.2) is 4.79 Å². The summed E-state index contributed by atoms with van der Waals surface area (Å²) in [7, 11) is 1.57. The number of methoxy groups -OCH3 is 1. The van der Waals surface area contributed by atoms with E-state index in [0.717, 1.165) is 17.4 Å². The summed E-state index contributed by atoms with van der Waals surface area (Å²) in [5.74, 6) is -0.683. The third-order valence-electron chi connectivity index (χ3n) is 3.71. The standard InChI is InChI=1S/C18H19N3O6/c1-26-16-5-3-2-4-12(16)8-9-20-17(22)11-27-18(23)14-10-13(21(24)25)6-7-15(14)19/h2-7,10H,8-9,11,19H2,1H3,(H,20,22). The summed E-state index contributed by atoms with van der Waals surface area (Å²) in [4.78, 5) is 33.9. The smallest absolute Gasteiger partial charge is 0.341 e. The fourth-order valence-corrected chi connectivity index (χ4v) is 2.34. The van der Waals surface area contributed by atoms with E-state index in [4.69, 9.17) is 15.2 Å². The third-order valence-corrected chi connectivity index (χ3v) is 3.71. The highest BCUT2D eigenvalue weighted by atomic mass is 16.6. The molecule has 0 aliphatic rings. The number of non-ortho nitro benzene ring substituents is 1. The van der Waals surface area contributed by atoms with Gasteiger partial charge in [0.15, 0.2) is 6.61 Å². The van der Waals surface area contributed by atoms with Crippen LogP contribution in [-0.2, 0) is 16.0 Å². The lowest BCUT2D eigenvalue weighted by atomic mass is 10.1. The first kappa shape index (κ1) is 19.7. The molecule has 0 aromatic heterocycles. The highest BCUT2D eigenvalue weighted by molar-refractivity contribution is 5.96. The minimum atomic E-state index is -0.906. The van der Waals surface area contributed by atoms with Gasteiger partial charge in [0.25, 0.3) is 11.6 Å². The number of rotatable bonds is 8. The van der Waals surface area contributed by atoms with Crippen molar-refractivity contribution in [2.45, 2.75) is 6.42 Å². The van der Waals surface area contributed by atoms with E-state index in [1.807, 2.05) is 24.3 Å². The molecule has 3 N–H and O–H groups in total. The molecule has 0 fully saturated rings. The van der Waals surface area contributed by atoms with Gasteiger partial charge in [-0.2, -0.15) is 0 Å². The van der Waals surface area contributed by atoms with Crippen LogP contribution < -0.4 is 15.8 Å². The van der Waals surface area contributed by atoms with Gasteiger partial charge in [-0.05, 0) is 24.1 Å². The molecule has 0 aliphatic heterocycles. The van der Waals surface area contributed by atoms with Crippen LogP contribution in [0.4, 0.5) is 11.4 Å². The molecule has 0 heterocycles. The predicted octanol–water partition coefficient (Wildman–Crippen LogP) is 1.70. The number of hydrogen-bond donors (Lipinski definition) is 2. The molecule has 0 aliphatic carbocycles. The first-order chi connectivity index (χ1) is 12.9. The van der Waals surface area contributed by atoms with Gasteiger partial charge in [-0.3, -0.25) is 14.9 Å². The van der Waals surface area contributed by atoms with Gasteiger partial charge in [0.1, 0.15) is 5.75 Å². The van der Waals surface area contributed by atoms with Crippen LogP contribution in [0.15, 0.2) is 42.5 Å². The number of hydrogen-bond acceptors (Lipinski definition) is 7. The summed E-state index contributed by atoms with van der Waals surface area (Å²) in [6, 6.07) is 10.8. The van der Waals surface area contributed by atoms with E-state index < -0.39 is 23.4 Å². The largest absolute Gasteiger partial charge is 0.496 e. The Morgan fingerprint density at radius 3 is 2.67 bits per heavy atom. The molecule has 9 nitrogen and oxygen atoms in total. The molecule has 0 spiro atoms. The summed E-state index contributed by atoms with van der Waals surface area (Å²) in [5.41, 5.74) is 6.14. The van der Waals surface area contributed by atoms with Crippen LogP contribution in [0.25, 0.3) is 0 Å². The molecule has 0 radical (unpaired) electrons. The number of nitrogens with one attached hydrogen (secondary N) is 1. The summed E-state index contributed by atoms with van der Waals surface area (Å²) in [6.45, 7) is -0.192. The minimum absolute atomic E-state index is 0.0298. The summed E-state index contributed by atoms with van der Waals surface area (Å²) in [6.07, 6.45) is 0.543. The lowest BCUT2D eigenvalue weighted by molar-refractivity contribution is -0.384. The van der Waals surface area contributed by atoms with Crippen molar-refractivity contribution < 1.29 is 24.0 Å². The van der Waals surface area contributed by atoms with Crippen molar-refractivity contribution in [2.24, 2.45) is 0 Å². The Labute approximate surface area is 155 Å². The highest BCUT2D eigenvalue weighted by Crippen LogP contribution is 2.20. The molecule has 9 heteroatoms. The number of esters is 1. The number of amides is 1. The molecule has 27 heavy (non-hydrogen) atoms. The van der Waals surface area contributed by atoms with Gasteiger partial charge in [0.05, 0.1) is 17.6 Å². The van der Waals surface area contributed by atoms with Crippen LogP contribution in [0.3, 0.4) is 0 Å². The van der Waals surface area contributed by atoms with E-state index in [1.54, 1.807) is 7.11 Å². The van der Waals surface area contributed by atoms with E-state index in [2.05, 4.69) is 5.32 Å². The predicted molar refractivity (Wildman–Crippen MR) is 97.5 cm³/mol. The fourth-order valence-electron chi connectivity index (χ4n) is 2.34. The number of nitrogen functional groups attached to an aromatic ring is 1. The number of nitrogens with zero attached hydrogens (tertiary/aromatic N) is 1. The Morgan fingerprint density at radius 2 is 1.96 bits per heavy atom. The number of nitrogens with two attached hydrogens (primary N) is 1. The van der Waals surface area contributed by atoms with Crippen LogP contribution in [0.2, 0.25) is 0 Å². The third kappa shape index (κ3) is 5.43. The maximum atomic E-state index is 12.0. The molecule has 2 rings (SSSR count). The Morgan fingerprint density at radius 1 is 1.22 bits per heavy atom. The summed E-state index contributed by atoms with van der Waals surface area (Å²) < 4.78 is 10.1. The van der Waals surface area contributed by atoms with Crippen molar-refractivity contribution in [3.8, 4) is 5.75 Å². The number of anilines is 1. The summed E-state index contributed by atoms with van der Waals surface area (Å²) in [5, 5.41) is 13.4. The van der Waals surface area contributed by atoms with E-state index in [-0.39, 0.29) is 16.9 Å². The van der Waals surface area contributed by atoms with Gasteiger partial charge >= 0.3 is 5.97 Å². The van der Waals surface area contributed by atoms with Crippen molar-refractivity contribution in [3.05, 3.63) is 63.7 Å². The quantitative estimate of drug-likeness (QED) is 0.311. The molecule has 0 unspecified atom stereocenters. The molecule has 0 saturated carbocycles. The molecule has 2 aromatic carbocycles. The van der Waals surface area contributed by atoms with Crippen LogP contribution in [0, 0.1) is 10.1 Å². The van der Waals surface area contributed by atoms with E-state index in [1.165, 1.54) is 12.1 Å². The van der Waals surface area contributed by atoms with Gasteiger partial charge in [-0.1, -0.05) is 18.2 Å². The number of ether oxygens (including phenoxy) is 2. The lowest BCUT2D eigenvalue weighted by Gasteiger charge is -2.10. The zero-order valence-corrected chi connectivity index (χ0v) is 14.6. The van der Waals surface area contributed by atoms with Crippen LogP contribution in [0.5, 0.6) is 5.75 Å². The molecular formula is C18H19N3O6. The molecule has 1 amide bonds. The van der Waals surface area contributed by atoms with E-state index in [0.29, 0.717) is 13.0 Å². The molecule has 2 aromatic rings. The fraction of sp³-hybridized carbons (Fsp3) is 0.222. The molecule has 0 bridgehead atoms. The van der Waals surface area contributed by atoms with Crippen molar-refractivity contribution in [3.63, 3.8) is 0 Å². The van der Waals surface area contributed by atoms with Crippen LogP contribution >= 0.6 is 0 Å². The van der Waals surface area contributed by atoms with Crippen molar-refractivity contribution in [1.82, 2.24) is 5.32 Å². The minimum Gasteiger partial charge on any atom is -0.496 e. The Balaban J connectivity index is 1.84. The molecule has 0 saturated heterocycles. The maximum absolute atomic E-state index is 12.0. The first-order valence-corrected chi connectivity index (χ1v) is 8.02. The molecule has 142 valence electrons. The SMILES string of the molecule is COc1ccccc1CCNC(=O)COC(=O)c1cc([N+](=O)[O-])ccc1N. The Bertz CT molecular complexity index is 853. The van der Waals surface area contributed by atoms with Gasteiger partial charge < -0.3 is 20.5 Å². The Kier molecular flexibility index (Phi) is 6.70. The number of carbonyl (C=O) groups is 2. The molecule has 0 atom stereocenters. The monoisotopic (exact) mass is 373 g/mol. The van der Waals surface area contributed by atoms with Crippen LogP contribution in [-0.4, -0.2) is 37.1 Å². The second kappa shape index (κ2) is 9.18. The molecular weight excluding hydrogens is 354 g/mol. The van der Waals surface area contributed by atoms with Crippen molar-refractivity contribution in [1.29, 1.82) is 0 Å². The number of para-hydroxylation sites is 1. The zero-order chi connectivity index (χ0) is 19.8. The van der Waals surface area contributed by atoms with Gasteiger partial charge in [0.2, 0.25) is 0 Å². The average molecular weight is 373 g/mol. The number of nitro benzene ring substituents is 1. The normalized spacial score (nSPS) is 10.1. The van der Waals surface area contributed by atoms with Crippen molar-refractivity contribution >= 4 is 23.3 Å². The Hall–Kier alpha value is -3.62. The van der Waals surface area contributed by atoms with Crippen LogP contribution in [0.1, 0.15) is 15.9 Å². The highest BCUT2D eigenvalue weighted by Gasteiger charge is 2.17. The number of nitro groups is 1. The van der Waals surface area contributed by atoms with E-state index in [9.17, 15) is 19.7 Å². The first-order valence-electron chi connectivity index (χ1n) is 8.02. The van der Waals surface area contributed by atoms with Crippen molar-refractivity contribution in [2.75, 3.05) is 26.0 Å². The second-order valence-electron chi connectivity index (χ2n) is 5.52. The lowest BCUT2D eigenvalue weighted by Crippen LogP contribution is -2.30. The van der Waals surface area contributed by atoms with Gasteiger partial charge in [0, 0.05) is 24.4 Å². The van der Waals surface area contributed by atoms with E-state index >= 15 is 0 Å². The second-order valence-corrected chi connectivity index (χ2v) is 5.52. The number of benzene rings is 2. The maximum Gasteiger partial charge on any atom is 0.341 e. The topological polar surface area (TPSA) is 134 Å². The number of carbonyl (C=O) groups excluding carboxylic acids is 2. The summed E-state index contributed by atoms with van der Waals surface area (Å²) >= 11 is 0. The zero-order valence-electron chi connectivity index (χ0n) is 14.6.